The first-order valence-corrected chi connectivity index (χ1v) is 5.27. The van der Waals surface area contributed by atoms with Crippen molar-refractivity contribution in [2.45, 2.75) is 19.1 Å². The van der Waals surface area contributed by atoms with Gasteiger partial charge in [0.05, 0.1) is 11.0 Å². The molecule has 2 atom stereocenters. The standard InChI is InChI=1S/C10H15N3O5/c1-5-6(9(15)7(14)4-11-2)3-12-10(16)8(5)13(17)18/h3,7,9,11,14-15H,4H2,1-2H3,(H,12,16). The van der Waals surface area contributed by atoms with Crippen molar-refractivity contribution in [1.82, 2.24) is 10.3 Å². The molecule has 8 heteroatoms. The minimum atomic E-state index is -1.31. The van der Waals surface area contributed by atoms with Gasteiger partial charge >= 0.3 is 11.2 Å². The predicted octanol–water partition coefficient (Wildman–Crippen LogP) is -0.795. The number of aliphatic hydroxyl groups excluding tert-OH is 2. The Labute approximate surface area is 102 Å². The predicted molar refractivity (Wildman–Crippen MR) is 63.3 cm³/mol. The third kappa shape index (κ3) is 2.73. The van der Waals surface area contributed by atoms with Gasteiger partial charge in [0.15, 0.2) is 0 Å². The number of aromatic amines is 1. The fourth-order valence-corrected chi connectivity index (χ4v) is 1.68. The van der Waals surface area contributed by atoms with Crippen molar-refractivity contribution in [3.63, 3.8) is 0 Å². The number of aliphatic hydroxyl groups is 2. The molecule has 0 amide bonds. The van der Waals surface area contributed by atoms with E-state index in [9.17, 15) is 25.1 Å². The second kappa shape index (κ2) is 5.71. The smallest absolute Gasteiger partial charge is 0.337 e. The summed E-state index contributed by atoms with van der Waals surface area (Å²) in [6.45, 7) is 1.48. The third-order valence-corrected chi connectivity index (χ3v) is 2.64. The van der Waals surface area contributed by atoms with E-state index in [2.05, 4.69) is 10.3 Å². The van der Waals surface area contributed by atoms with Crippen molar-refractivity contribution in [1.29, 1.82) is 0 Å². The number of hydrogen-bond donors (Lipinski definition) is 4. The van der Waals surface area contributed by atoms with Crippen LogP contribution in [0.3, 0.4) is 0 Å². The molecule has 0 fully saturated rings. The number of H-pyrrole nitrogens is 1. The van der Waals surface area contributed by atoms with Gasteiger partial charge in [-0.1, -0.05) is 0 Å². The zero-order chi connectivity index (χ0) is 13.9. The minimum absolute atomic E-state index is 0.0476. The molecule has 1 heterocycles. The average molecular weight is 257 g/mol. The lowest BCUT2D eigenvalue weighted by Crippen LogP contribution is -2.30. The topological polar surface area (TPSA) is 128 Å². The van der Waals surface area contributed by atoms with Crippen molar-refractivity contribution >= 4 is 5.69 Å². The number of nitrogens with zero attached hydrogens (tertiary/aromatic N) is 1. The highest BCUT2D eigenvalue weighted by atomic mass is 16.6. The summed E-state index contributed by atoms with van der Waals surface area (Å²) in [6.07, 6.45) is -1.26. The number of pyridine rings is 1. The van der Waals surface area contributed by atoms with Crippen LogP contribution in [0.15, 0.2) is 11.0 Å². The van der Waals surface area contributed by atoms with Crippen LogP contribution in [0.2, 0.25) is 0 Å². The number of aromatic nitrogens is 1. The van der Waals surface area contributed by atoms with Crippen molar-refractivity contribution in [3.05, 3.63) is 37.8 Å². The highest BCUT2D eigenvalue weighted by Crippen LogP contribution is 2.24. The third-order valence-electron chi connectivity index (χ3n) is 2.64. The van der Waals surface area contributed by atoms with Gasteiger partial charge in [0.2, 0.25) is 0 Å². The highest BCUT2D eigenvalue weighted by molar-refractivity contribution is 5.42. The molecule has 2 unspecified atom stereocenters. The molecule has 0 radical (unpaired) electrons. The van der Waals surface area contributed by atoms with Crippen LogP contribution >= 0.6 is 0 Å². The maximum Gasteiger partial charge on any atom is 0.337 e. The van der Waals surface area contributed by atoms with E-state index in [1.165, 1.54) is 13.1 Å². The van der Waals surface area contributed by atoms with Gasteiger partial charge < -0.3 is 20.5 Å². The van der Waals surface area contributed by atoms with E-state index in [1.807, 2.05) is 0 Å². The van der Waals surface area contributed by atoms with Gasteiger partial charge in [-0.05, 0) is 14.0 Å². The molecule has 0 aromatic carbocycles. The first-order valence-electron chi connectivity index (χ1n) is 5.27. The SMILES string of the molecule is CNCC(O)C(O)c1c[nH]c(=O)c([N+](=O)[O-])c1C. The average Bonchev–Trinajstić information content (AvgIpc) is 2.28. The van der Waals surface area contributed by atoms with Crippen LogP contribution in [0.5, 0.6) is 0 Å². The summed E-state index contributed by atoms with van der Waals surface area (Å²) >= 11 is 0. The molecule has 4 N–H and O–H groups in total. The zero-order valence-corrected chi connectivity index (χ0v) is 10.0. The molecule has 0 saturated heterocycles. The lowest BCUT2D eigenvalue weighted by molar-refractivity contribution is -0.387. The number of nitro groups is 1. The number of nitrogens with one attached hydrogen (secondary N) is 2. The monoisotopic (exact) mass is 257 g/mol. The second-order valence-corrected chi connectivity index (χ2v) is 3.87. The molecule has 0 saturated carbocycles. The van der Waals surface area contributed by atoms with Crippen LogP contribution < -0.4 is 10.9 Å². The summed E-state index contributed by atoms with van der Waals surface area (Å²) in [5.74, 6) is 0. The molecule has 0 aliphatic heterocycles. The highest BCUT2D eigenvalue weighted by Gasteiger charge is 2.26. The van der Waals surface area contributed by atoms with Crippen molar-refractivity contribution in [2.75, 3.05) is 13.6 Å². The first kappa shape index (κ1) is 14.3. The molecule has 0 spiro atoms. The Hall–Kier alpha value is -1.77. The molecule has 0 bridgehead atoms. The summed E-state index contributed by atoms with van der Waals surface area (Å²) in [5.41, 5.74) is -1.28. The fourth-order valence-electron chi connectivity index (χ4n) is 1.68. The van der Waals surface area contributed by atoms with Gasteiger partial charge in [-0.3, -0.25) is 14.9 Å². The van der Waals surface area contributed by atoms with Crippen LogP contribution in [0.1, 0.15) is 17.2 Å². The fraction of sp³-hybridized carbons (Fsp3) is 0.500. The van der Waals surface area contributed by atoms with E-state index in [1.54, 1.807) is 7.05 Å². The molecule has 1 aromatic heterocycles. The summed E-state index contributed by atoms with van der Waals surface area (Å²) < 4.78 is 0. The number of rotatable bonds is 5. The Balaban J connectivity index is 3.23. The van der Waals surface area contributed by atoms with E-state index in [4.69, 9.17) is 0 Å². The lowest BCUT2D eigenvalue weighted by atomic mass is 10.0. The second-order valence-electron chi connectivity index (χ2n) is 3.87. The molecule has 1 rings (SSSR count). The Bertz CT molecular complexity index is 499. The zero-order valence-electron chi connectivity index (χ0n) is 10.0. The molecule has 100 valence electrons. The van der Waals surface area contributed by atoms with Gasteiger partial charge in [-0.2, -0.15) is 0 Å². The van der Waals surface area contributed by atoms with Crippen molar-refractivity contribution < 1.29 is 15.1 Å². The minimum Gasteiger partial charge on any atom is -0.389 e. The molecule has 1 aromatic rings. The Morgan fingerprint density at radius 1 is 1.56 bits per heavy atom. The molecule has 0 aliphatic carbocycles. The van der Waals surface area contributed by atoms with Crippen LogP contribution in [0, 0.1) is 17.0 Å². The van der Waals surface area contributed by atoms with Gasteiger partial charge in [-0.15, -0.1) is 0 Å². The number of likely N-dealkylation sites (N-methyl/N-ethyl adjacent to an activating group) is 1. The quantitative estimate of drug-likeness (QED) is 0.404. The Kier molecular flexibility index (Phi) is 4.54. The molecular formula is C10H15N3O5. The van der Waals surface area contributed by atoms with E-state index < -0.39 is 28.4 Å². The van der Waals surface area contributed by atoms with Crippen molar-refractivity contribution in [2.24, 2.45) is 0 Å². The lowest BCUT2D eigenvalue weighted by Gasteiger charge is -2.18. The summed E-state index contributed by atoms with van der Waals surface area (Å²) in [7, 11) is 1.60. The van der Waals surface area contributed by atoms with Gasteiger partial charge in [0.25, 0.3) is 0 Å². The Morgan fingerprint density at radius 3 is 2.67 bits per heavy atom. The molecule has 18 heavy (non-hydrogen) atoms. The van der Waals surface area contributed by atoms with Gasteiger partial charge in [-0.25, -0.2) is 0 Å². The largest absolute Gasteiger partial charge is 0.389 e. The molecule has 8 nitrogen and oxygen atoms in total. The van der Waals surface area contributed by atoms with E-state index in [0.717, 1.165) is 0 Å². The normalized spacial score (nSPS) is 14.2. The van der Waals surface area contributed by atoms with E-state index in [0.29, 0.717) is 0 Å². The summed E-state index contributed by atoms with van der Waals surface area (Å²) in [5, 5.41) is 32.9. The van der Waals surface area contributed by atoms with Crippen molar-refractivity contribution in [3.8, 4) is 0 Å². The van der Waals surface area contributed by atoms with E-state index >= 15 is 0 Å². The van der Waals surface area contributed by atoms with Crippen LogP contribution in [-0.4, -0.2) is 39.8 Å². The molecular weight excluding hydrogens is 242 g/mol. The molecule has 0 aliphatic rings. The Morgan fingerprint density at radius 2 is 2.17 bits per heavy atom. The maximum absolute atomic E-state index is 11.3. The van der Waals surface area contributed by atoms with E-state index in [-0.39, 0.29) is 17.7 Å². The summed E-state index contributed by atoms with van der Waals surface area (Å²) in [4.78, 5) is 23.4. The maximum atomic E-state index is 11.3. The van der Waals surface area contributed by atoms with Crippen LogP contribution in [0.25, 0.3) is 0 Å². The van der Waals surface area contributed by atoms with Crippen LogP contribution in [-0.2, 0) is 0 Å². The van der Waals surface area contributed by atoms with Crippen LogP contribution in [0.4, 0.5) is 5.69 Å². The number of hydrogen-bond acceptors (Lipinski definition) is 6. The first-order chi connectivity index (χ1) is 8.40. The summed E-state index contributed by atoms with van der Waals surface area (Å²) in [6, 6.07) is 0. The van der Waals surface area contributed by atoms with Gasteiger partial charge in [0.1, 0.15) is 6.10 Å². The van der Waals surface area contributed by atoms with Gasteiger partial charge in [0, 0.05) is 23.9 Å².